The molecule has 4 heteroatoms. The van der Waals surface area contributed by atoms with Crippen molar-refractivity contribution in [3.05, 3.63) is 64.7 Å². The summed E-state index contributed by atoms with van der Waals surface area (Å²) in [6, 6.07) is 12.5. The number of esters is 1. The van der Waals surface area contributed by atoms with Gasteiger partial charge in [0.05, 0.1) is 12.7 Å². The molecule has 2 aromatic rings. The number of carbonyl (C=O) groups excluding carboxylic acids is 1. The van der Waals surface area contributed by atoms with Crippen LogP contribution in [0.3, 0.4) is 0 Å². The zero-order chi connectivity index (χ0) is 14.1. The van der Waals surface area contributed by atoms with E-state index >= 15 is 0 Å². The third-order valence-electron chi connectivity index (χ3n) is 3.46. The summed E-state index contributed by atoms with van der Waals surface area (Å²) in [5, 5.41) is 10.5. The minimum Gasteiger partial charge on any atom is -0.488 e. The number of hydrogen-bond donors (Lipinski definition) is 1. The minimum absolute atomic E-state index is 0.397. The molecule has 1 aliphatic heterocycles. The lowest BCUT2D eigenvalue weighted by Gasteiger charge is -2.13. The number of carbonyl (C=O) groups is 1. The molecule has 3 rings (SSSR count). The van der Waals surface area contributed by atoms with Gasteiger partial charge in [0.25, 0.3) is 0 Å². The molecule has 0 unspecified atom stereocenters. The first-order chi connectivity index (χ1) is 9.70. The fourth-order valence-corrected chi connectivity index (χ4v) is 2.39. The molecular formula is C16H14O4. The van der Waals surface area contributed by atoms with Crippen LogP contribution >= 0.6 is 0 Å². The highest BCUT2D eigenvalue weighted by molar-refractivity contribution is 5.89. The number of aliphatic hydroxyl groups is 1. The number of rotatable bonds is 1. The maximum absolute atomic E-state index is 11.6. The van der Waals surface area contributed by atoms with Crippen LogP contribution < -0.4 is 4.74 Å². The lowest BCUT2D eigenvalue weighted by molar-refractivity contribution is 0.0600. The molecule has 0 saturated carbocycles. The summed E-state index contributed by atoms with van der Waals surface area (Å²) in [5.41, 5.74) is 2.72. The first kappa shape index (κ1) is 12.7. The Kier molecular flexibility index (Phi) is 3.16. The number of ether oxygens (including phenoxy) is 2. The third kappa shape index (κ3) is 2.04. The summed E-state index contributed by atoms with van der Waals surface area (Å²) >= 11 is 0. The summed E-state index contributed by atoms with van der Waals surface area (Å²) in [6.07, 6.45) is -0.812. The van der Waals surface area contributed by atoms with Gasteiger partial charge in [0, 0.05) is 5.56 Å². The number of aliphatic hydroxyl groups excluding tert-OH is 1. The second-order valence-electron chi connectivity index (χ2n) is 4.63. The van der Waals surface area contributed by atoms with E-state index in [9.17, 15) is 9.90 Å². The molecule has 0 aromatic heterocycles. The van der Waals surface area contributed by atoms with Crippen LogP contribution in [0.1, 0.15) is 33.2 Å². The second kappa shape index (κ2) is 4.98. The van der Waals surface area contributed by atoms with E-state index in [2.05, 4.69) is 0 Å². The monoisotopic (exact) mass is 270 g/mol. The van der Waals surface area contributed by atoms with Gasteiger partial charge in [0.15, 0.2) is 0 Å². The van der Waals surface area contributed by atoms with E-state index in [-0.39, 0.29) is 0 Å². The van der Waals surface area contributed by atoms with Crippen LogP contribution in [-0.4, -0.2) is 18.2 Å². The van der Waals surface area contributed by atoms with Crippen molar-refractivity contribution >= 4 is 5.97 Å². The zero-order valence-corrected chi connectivity index (χ0v) is 11.0. The van der Waals surface area contributed by atoms with Gasteiger partial charge in [-0.15, -0.1) is 0 Å². The predicted molar refractivity (Wildman–Crippen MR) is 72.6 cm³/mol. The Bertz CT molecular complexity index is 663. The van der Waals surface area contributed by atoms with E-state index in [1.165, 1.54) is 7.11 Å². The van der Waals surface area contributed by atoms with E-state index in [0.29, 0.717) is 23.5 Å². The predicted octanol–water partition coefficient (Wildman–Crippen LogP) is 2.45. The number of methoxy groups -OCH3 is 1. The van der Waals surface area contributed by atoms with Crippen LogP contribution in [0.4, 0.5) is 0 Å². The van der Waals surface area contributed by atoms with Crippen LogP contribution in [0.15, 0.2) is 42.5 Å². The molecule has 1 N–H and O–H groups in total. The van der Waals surface area contributed by atoms with Gasteiger partial charge in [-0.2, -0.15) is 0 Å². The maximum Gasteiger partial charge on any atom is 0.337 e. The summed E-state index contributed by atoms with van der Waals surface area (Å²) in [4.78, 5) is 11.6. The fourth-order valence-electron chi connectivity index (χ4n) is 2.39. The maximum atomic E-state index is 11.6. The first-order valence-corrected chi connectivity index (χ1v) is 6.31. The molecule has 20 heavy (non-hydrogen) atoms. The highest BCUT2D eigenvalue weighted by Crippen LogP contribution is 2.36. The molecule has 0 fully saturated rings. The molecule has 1 aliphatic rings. The smallest absolute Gasteiger partial charge is 0.337 e. The van der Waals surface area contributed by atoms with Crippen molar-refractivity contribution < 1.29 is 19.4 Å². The molecule has 0 spiro atoms. The normalized spacial score (nSPS) is 16.4. The lowest BCUT2D eigenvalue weighted by atomic mass is 9.96. The molecule has 0 bridgehead atoms. The van der Waals surface area contributed by atoms with Crippen LogP contribution in [0.2, 0.25) is 0 Å². The average molecular weight is 270 g/mol. The van der Waals surface area contributed by atoms with E-state index in [0.717, 1.165) is 11.1 Å². The highest BCUT2D eigenvalue weighted by Gasteiger charge is 2.23. The molecule has 102 valence electrons. The Morgan fingerprint density at radius 3 is 2.85 bits per heavy atom. The van der Waals surface area contributed by atoms with Crippen molar-refractivity contribution in [3.63, 3.8) is 0 Å². The molecule has 4 nitrogen and oxygen atoms in total. The van der Waals surface area contributed by atoms with Gasteiger partial charge in [0.2, 0.25) is 0 Å². The van der Waals surface area contributed by atoms with Crippen molar-refractivity contribution in [2.45, 2.75) is 12.7 Å². The van der Waals surface area contributed by atoms with Crippen LogP contribution in [-0.2, 0) is 11.3 Å². The summed E-state index contributed by atoms with van der Waals surface area (Å²) < 4.78 is 10.4. The first-order valence-electron chi connectivity index (χ1n) is 6.31. The minimum atomic E-state index is -0.812. The van der Waals surface area contributed by atoms with E-state index in [4.69, 9.17) is 9.47 Å². The Labute approximate surface area is 116 Å². The number of hydrogen-bond acceptors (Lipinski definition) is 4. The Morgan fingerprint density at radius 2 is 2.05 bits per heavy atom. The van der Waals surface area contributed by atoms with Gasteiger partial charge in [-0.25, -0.2) is 4.79 Å². The average Bonchev–Trinajstić information content (AvgIpc) is 2.64. The van der Waals surface area contributed by atoms with Crippen LogP contribution in [0.5, 0.6) is 5.75 Å². The van der Waals surface area contributed by atoms with Gasteiger partial charge >= 0.3 is 5.97 Å². The molecule has 1 atom stereocenters. The van der Waals surface area contributed by atoms with Crippen LogP contribution in [0.25, 0.3) is 0 Å². The molecule has 0 aliphatic carbocycles. The van der Waals surface area contributed by atoms with Crippen molar-refractivity contribution in [1.29, 1.82) is 0 Å². The Morgan fingerprint density at radius 1 is 1.25 bits per heavy atom. The SMILES string of the molecule is COC(=O)c1ccc2c(c1)[C@H](O)c1ccccc1CO2. The van der Waals surface area contributed by atoms with Crippen molar-refractivity contribution in [2.75, 3.05) is 7.11 Å². The summed E-state index contributed by atoms with van der Waals surface area (Å²) in [5.74, 6) is 0.152. The van der Waals surface area contributed by atoms with Gasteiger partial charge in [-0.1, -0.05) is 24.3 Å². The highest BCUT2D eigenvalue weighted by atomic mass is 16.5. The summed E-state index contributed by atoms with van der Waals surface area (Å²) in [6.45, 7) is 0.401. The fraction of sp³-hybridized carbons (Fsp3) is 0.188. The molecule has 1 heterocycles. The quantitative estimate of drug-likeness (QED) is 0.809. The van der Waals surface area contributed by atoms with Crippen molar-refractivity contribution in [3.8, 4) is 5.75 Å². The largest absolute Gasteiger partial charge is 0.488 e. The Balaban J connectivity index is 2.11. The third-order valence-corrected chi connectivity index (χ3v) is 3.46. The van der Waals surface area contributed by atoms with E-state index < -0.39 is 12.1 Å². The van der Waals surface area contributed by atoms with E-state index in [1.54, 1.807) is 18.2 Å². The van der Waals surface area contributed by atoms with Crippen LogP contribution in [0, 0.1) is 0 Å². The molecule has 0 amide bonds. The molecule has 0 radical (unpaired) electrons. The number of fused-ring (bicyclic) bond motifs is 2. The molecule has 2 aromatic carbocycles. The summed E-state index contributed by atoms with van der Waals surface area (Å²) in [7, 11) is 1.33. The topological polar surface area (TPSA) is 55.8 Å². The number of benzene rings is 2. The Hall–Kier alpha value is -2.33. The van der Waals surface area contributed by atoms with Gasteiger partial charge in [-0.3, -0.25) is 0 Å². The molecule has 0 saturated heterocycles. The zero-order valence-electron chi connectivity index (χ0n) is 11.0. The second-order valence-corrected chi connectivity index (χ2v) is 4.63. The standard InChI is InChI=1S/C16H14O4/c1-19-16(18)10-6-7-14-13(8-10)15(17)12-5-3-2-4-11(12)9-20-14/h2-8,15,17H,9H2,1H3/t15-/m1/s1. The van der Waals surface area contributed by atoms with Crippen molar-refractivity contribution in [2.24, 2.45) is 0 Å². The van der Waals surface area contributed by atoms with Gasteiger partial charge in [0.1, 0.15) is 18.5 Å². The van der Waals surface area contributed by atoms with Gasteiger partial charge < -0.3 is 14.6 Å². The van der Waals surface area contributed by atoms with Crippen molar-refractivity contribution in [1.82, 2.24) is 0 Å². The van der Waals surface area contributed by atoms with Gasteiger partial charge in [-0.05, 0) is 29.3 Å². The van der Waals surface area contributed by atoms with E-state index in [1.807, 2.05) is 24.3 Å². The lowest BCUT2D eigenvalue weighted by Crippen LogP contribution is -2.05. The molecular weight excluding hydrogens is 256 g/mol.